The van der Waals surface area contributed by atoms with Gasteiger partial charge in [-0.1, -0.05) is 17.9 Å². The lowest BCUT2D eigenvalue weighted by molar-refractivity contribution is -0.141. The number of hydrogen-bond donors (Lipinski definition) is 1. The monoisotopic (exact) mass is 296 g/mol. The van der Waals surface area contributed by atoms with Gasteiger partial charge >= 0.3 is 6.18 Å². The highest BCUT2D eigenvalue weighted by Crippen LogP contribution is 2.31. The van der Waals surface area contributed by atoms with Crippen molar-refractivity contribution in [2.24, 2.45) is 5.73 Å². The van der Waals surface area contributed by atoms with E-state index >= 15 is 0 Å². The molecule has 2 rings (SSSR count). The molecule has 3 nitrogen and oxygen atoms in total. The number of nitrogens with zero attached hydrogens (tertiary/aromatic N) is 1. The van der Waals surface area contributed by atoms with Crippen molar-refractivity contribution in [3.8, 4) is 11.8 Å². The van der Waals surface area contributed by atoms with Crippen molar-refractivity contribution in [3.05, 3.63) is 35.4 Å². The molecule has 0 unspecified atom stereocenters. The topological polar surface area (TPSA) is 46.3 Å². The van der Waals surface area contributed by atoms with Crippen LogP contribution in [0.5, 0.6) is 0 Å². The fourth-order valence-corrected chi connectivity index (χ4v) is 1.99. The van der Waals surface area contributed by atoms with Gasteiger partial charge in [0.15, 0.2) is 0 Å². The van der Waals surface area contributed by atoms with Crippen molar-refractivity contribution >= 4 is 5.91 Å². The highest BCUT2D eigenvalue weighted by atomic mass is 19.4. The molecule has 0 atom stereocenters. The van der Waals surface area contributed by atoms with E-state index in [-0.39, 0.29) is 18.2 Å². The van der Waals surface area contributed by atoms with Crippen LogP contribution >= 0.6 is 0 Å². The van der Waals surface area contributed by atoms with Crippen LogP contribution < -0.4 is 5.73 Å². The first kappa shape index (κ1) is 15.4. The standard InChI is InChI=1S/C15H15F3N2O/c16-15(17,18)10-20(13-6-7-13)14(21)12-5-1-3-11(9-12)4-2-8-19/h1,3,5,9,13H,6-8,10,19H2. The number of hydrogen-bond acceptors (Lipinski definition) is 2. The number of carbonyl (C=O) groups is 1. The van der Waals surface area contributed by atoms with Crippen LogP contribution in [0, 0.1) is 11.8 Å². The summed E-state index contributed by atoms with van der Waals surface area (Å²) >= 11 is 0. The number of halogens is 3. The van der Waals surface area contributed by atoms with E-state index in [2.05, 4.69) is 11.8 Å². The first-order valence-corrected chi connectivity index (χ1v) is 6.57. The van der Waals surface area contributed by atoms with Gasteiger partial charge in [0.2, 0.25) is 0 Å². The average molecular weight is 296 g/mol. The average Bonchev–Trinajstić information content (AvgIpc) is 3.25. The van der Waals surface area contributed by atoms with Crippen LogP contribution in [0.15, 0.2) is 24.3 Å². The van der Waals surface area contributed by atoms with Gasteiger partial charge in [-0.15, -0.1) is 0 Å². The Labute approximate surface area is 120 Å². The highest BCUT2D eigenvalue weighted by molar-refractivity contribution is 5.95. The lowest BCUT2D eigenvalue weighted by Gasteiger charge is -2.23. The third kappa shape index (κ3) is 4.50. The third-order valence-electron chi connectivity index (χ3n) is 3.04. The molecule has 2 N–H and O–H groups in total. The lowest BCUT2D eigenvalue weighted by atomic mass is 10.1. The molecule has 0 radical (unpaired) electrons. The molecular formula is C15H15F3N2O. The molecule has 1 aliphatic rings. The SMILES string of the molecule is NCC#Cc1cccc(C(=O)N(CC(F)(F)F)C2CC2)c1. The molecule has 1 aromatic rings. The Hall–Kier alpha value is -2.00. The second-order valence-electron chi connectivity index (χ2n) is 4.87. The third-order valence-corrected chi connectivity index (χ3v) is 3.04. The molecule has 21 heavy (non-hydrogen) atoms. The molecule has 6 heteroatoms. The van der Waals surface area contributed by atoms with Gasteiger partial charge in [-0.25, -0.2) is 0 Å². The van der Waals surface area contributed by atoms with Crippen molar-refractivity contribution in [3.63, 3.8) is 0 Å². The maximum absolute atomic E-state index is 12.6. The molecule has 1 saturated carbocycles. The molecule has 1 aromatic carbocycles. The molecule has 0 aliphatic heterocycles. The van der Waals surface area contributed by atoms with Gasteiger partial charge < -0.3 is 10.6 Å². The summed E-state index contributed by atoms with van der Waals surface area (Å²) in [5, 5.41) is 0. The predicted octanol–water partition coefficient (Wildman–Crippen LogP) is 2.16. The fraction of sp³-hybridized carbons (Fsp3) is 0.400. The van der Waals surface area contributed by atoms with Gasteiger partial charge in [0.05, 0.1) is 6.54 Å². The largest absolute Gasteiger partial charge is 0.406 e. The molecule has 0 saturated heterocycles. The second-order valence-corrected chi connectivity index (χ2v) is 4.87. The number of alkyl halides is 3. The Kier molecular flexibility index (Phi) is 4.53. The summed E-state index contributed by atoms with van der Waals surface area (Å²) in [5.41, 5.74) is 6.05. The van der Waals surface area contributed by atoms with E-state index in [4.69, 9.17) is 5.73 Å². The van der Waals surface area contributed by atoms with E-state index in [1.807, 2.05) is 0 Å². The first-order chi connectivity index (χ1) is 9.90. The number of amides is 1. The zero-order valence-electron chi connectivity index (χ0n) is 11.3. The molecule has 1 fully saturated rings. The molecule has 112 valence electrons. The molecule has 0 bridgehead atoms. The Bertz CT molecular complexity index is 583. The fourth-order valence-electron chi connectivity index (χ4n) is 1.99. The van der Waals surface area contributed by atoms with Crippen LogP contribution in [0.3, 0.4) is 0 Å². The minimum atomic E-state index is -4.39. The van der Waals surface area contributed by atoms with E-state index in [0.717, 1.165) is 4.90 Å². The zero-order valence-corrected chi connectivity index (χ0v) is 11.3. The molecular weight excluding hydrogens is 281 g/mol. The number of benzene rings is 1. The number of rotatable bonds is 3. The molecule has 0 heterocycles. The molecule has 0 aromatic heterocycles. The Morgan fingerprint density at radius 2 is 2.10 bits per heavy atom. The smallest absolute Gasteiger partial charge is 0.327 e. The highest BCUT2D eigenvalue weighted by Gasteiger charge is 2.40. The van der Waals surface area contributed by atoms with E-state index in [1.54, 1.807) is 12.1 Å². The lowest BCUT2D eigenvalue weighted by Crippen LogP contribution is -2.40. The zero-order chi connectivity index (χ0) is 15.5. The van der Waals surface area contributed by atoms with Gasteiger partial charge in [0.1, 0.15) is 6.54 Å². The maximum Gasteiger partial charge on any atom is 0.406 e. The van der Waals surface area contributed by atoms with Gasteiger partial charge in [-0.2, -0.15) is 13.2 Å². The minimum absolute atomic E-state index is 0.181. The van der Waals surface area contributed by atoms with E-state index in [9.17, 15) is 18.0 Å². The molecule has 1 amide bonds. The summed E-state index contributed by atoms with van der Waals surface area (Å²) in [5.74, 6) is 4.80. The van der Waals surface area contributed by atoms with Gasteiger partial charge in [0.25, 0.3) is 5.91 Å². The van der Waals surface area contributed by atoms with Crippen LogP contribution in [0.25, 0.3) is 0 Å². The van der Waals surface area contributed by atoms with Crippen molar-refractivity contribution in [1.29, 1.82) is 0 Å². The predicted molar refractivity (Wildman–Crippen MR) is 72.5 cm³/mol. The Balaban J connectivity index is 2.20. The quantitative estimate of drug-likeness (QED) is 0.869. The van der Waals surface area contributed by atoms with Crippen LogP contribution in [0.4, 0.5) is 13.2 Å². The normalized spacial score (nSPS) is 14.3. The summed E-state index contributed by atoms with van der Waals surface area (Å²) in [6, 6.07) is 5.98. The van der Waals surface area contributed by atoms with E-state index in [1.165, 1.54) is 12.1 Å². The summed E-state index contributed by atoms with van der Waals surface area (Å²) in [4.78, 5) is 13.2. The van der Waals surface area contributed by atoms with E-state index < -0.39 is 18.6 Å². The van der Waals surface area contributed by atoms with Crippen LogP contribution in [0.2, 0.25) is 0 Å². The maximum atomic E-state index is 12.6. The van der Waals surface area contributed by atoms with Gasteiger partial charge in [0, 0.05) is 17.2 Å². The van der Waals surface area contributed by atoms with Crippen molar-refractivity contribution in [2.45, 2.75) is 25.1 Å². The van der Waals surface area contributed by atoms with Crippen molar-refractivity contribution in [1.82, 2.24) is 4.90 Å². The van der Waals surface area contributed by atoms with Crippen molar-refractivity contribution < 1.29 is 18.0 Å². The number of nitrogens with two attached hydrogens (primary N) is 1. The Morgan fingerprint density at radius 1 is 1.38 bits per heavy atom. The minimum Gasteiger partial charge on any atom is -0.327 e. The van der Waals surface area contributed by atoms with Gasteiger partial charge in [-0.05, 0) is 31.0 Å². The van der Waals surface area contributed by atoms with Crippen LogP contribution in [-0.4, -0.2) is 36.1 Å². The number of carbonyl (C=O) groups excluding carboxylic acids is 1. The molecule has 1 aliphatic carbocycles. The summed E-state index contributed by atoms with van der Waals surface area (Å²) < 4.78 is 37.8. The summed E-state index contributed by atoms with van der Waals surface area (Å²) in [7, 11) is 0. The van der Waals surface area contributed by atoms with Crippen LogP contribution in [-0.2, 0) is 0 Å². The second kappa shape index (κ2) is 6.19. The summed E-state index contributed by atoms with van der Waals surface area (Å²) in [6.45, 7) is -1.03. The van der Waals surface area contributed by atoms with E-state index in [0.29, 0.717) is 18.4 Å². The van der Waals surface area contributed by atoms with Crippen LogP contribution in [0.1, 0.15) is 28.8 Å². The Morgan fingerprint density at radius 3 is 2.67 bits per heavy atom. The van der Waals surface area contributed by atoms with Gasteiger partial charge in [-0.3, -0.25) is 4.79 Å². The molecule has 0 spiro atoms. The first-order valence-electron chi connectivity index (χ1n) is 6.57. The summed E-state index contributed by atoms with van der Waals surface area (Å²) in [6.07, 6.45) is -3.15. The van der Waals surface area contributed by atoms with Crippen molar-refractivity contribution in [2.75, 3.05) is 13.1 Å².